The first-order chi connectivity index (χ1) is 8.48. The average molecular weight is 271 g/mol. The number of carbonyl (C=O) groups is 2. The summed E-state index contributed by atoms with van der Waals surface area (Å²) in [5.74, 6) is -0.838. The summed E-state index contributed by atoms with van der Waals surface area (Å²) >= 11 is 0. The van der Waals surface area contributed by atoms with Gasteiger partial charge in [-0.25, -0.2) is 4.72 Å². The van der Waals surface area contributed by atoms with Crippen molar-refractivity contribution >= 4 is 22.5 Å². The molecule has 0 aliphatic heterocycles. The van der Waals surface area contributed by atoms with E-state index in [9.17, 15) is 18.0 Å². The molecule has 0 heterocycles. The molecule has 0 saturated carbocycles. The number of aldehydes is 1. The lowest BCUT2D eigenvalue weighted by atomic mass is 10.1. The lowest BCUT2D eigenvalue weighted by Gasteiger charge is -2.06. The molecule has 18 heavy (non-hydrogen) atoms. The van der Waals surface area contributed by atoms with Crippen molar-refractivity contribution in [1.29, 1.82) is 0 Å². The normalized spacial score (nSPS) is 10.9. The van der Waals surface area contributed by atoms with Crippen molar-refractivity contribution in [3.05, 3.63) is 35.4 Å². The summed E-state index contributed by atoms with van der Waals surface area (Å²) in [6.07, 6.45) is 1.08. The van der Waals surface area contributed by atoms with Gasteiger partial charge in [0, 0.05) is 11.1 Å². The molecule has 0 fully saturated rings. The predicted molar refractivity (Wildman–Crippen MR) is 64.5 cm³/mol. The van der Waals surface area contributed by atoms with Gasteiger partial charge in [-0.15, -0.1) is 0 Å². The monoisotopic (exact) mass is 271 g/mol. The highest BCUT2D eigenvalue weighted by atomic mass is 32.2. The summed E-state index contributed by atoms with van der Waals surface area (Å²) in [5, 5.41) is 0. The molecule has 0 aliphatic rings. The minimum atomic E-state index is -4.10. The van der Waals surface area contributed by atoms with Crippen molar-refractivity contribution in [2.24, 2.45) is 0 Å². The van der Waals surface area contributed by atoms with E-state index in [-0.39, 0.29) is 17.7 Å². The summed E-state index contributed by atoms with van der Waals surface area (Å²) in [5.41, 5.74) is 0.359. The summed E-state index contributed by atoms with van der Waals surface area (Å²) < 4.78 is 28.9. The van der Waals surface area contributed by atoms with Gasteiger partial charge in [0.05, 0.1) is 6.61 Å². The molecule has 1 aromatic carbocycles. The molecule has 98 valence electrons. The molecule has 0 atom stereocenters. The van der Waals surface area contributed by atoms with Gasteiger partial charge in [0.15, 0.2) is 0 Å². The summed E-state index contributed by atoms with van der Waals surface area (Å²) in [4.78, 5) is 22.1. The molecule has 7 heteroatoms. The lowest BCUT2D eigenvalue weighted by Crippen LogP contribution is -2.32. The SMILES string of the molecule is CCCOS(=O)(=O)NC(=O)c1cccc(C=O)c1. The van der Waals surface area contributed by atoms with Crippen molar-refractivity contribution in [2.75, 3.05) is 6.61 Å². The molecule has 0 unspecified atom stereocenters. The molecular formula is C11H13NO5S. The third-order valence-corrected chi connectivity index (χ3v) is 2.86. The van der Waals surface area contributed by atoms with E-state index >= 15 is 0 Å². The molecule has 1 N–H and O–H groups in total. The Morgan fingerprint density at radius 2 is 2.17 bits per heavy atom. The second kappa shape index (κ2) is 6.27. The summed E-state index contributed by atoms with van der Waals surface area (Å²) in [7, 11) is -4.10. The highest BCUT2D eigenvalue weighted by Crippen LogP contribution is 2.04. The minimum absolute atomic E-state index is 0.00299. The van der Waals surface area contributed by atoms with Crippen LogP contribution in [0, 0.1) is 0 Å². The lowest BCUT2D eigenvalue weighted by molar-refractivity contribution is 0.0976. The van der Waals surface area contributed by atoms with E-state index in [2.05, 4.69) is 4.18 Å². The largest absolute Gasteiger partial charge is 0.362 e. The Labute approximate surface area is 105 Å². The van der Waals surface area contributed by atoms with Crippen LogP contribution in [0.15, 0.2) is 24.3 Å². The smallest absolute Gasteiger partial charge is 0.298 e. The van der Waals surface area contributed by atoms with Crippen molar-refractivity contribution in [1.82, 2.24) is 4.72 Å². The van der Waals surface area contributed by atoms with Crippen LogP contribution in [0.1, 0.15) is 34.1 Å². The van der Waals surface area contributed by atoms with Crippen LogP contribution in [-0.4, -0.2) is 27.2 Å². The first kappa shape index (κ1) is 14.3. The van der Waals surface area contributed by atoms with Crippen LogP contribution in [0.25, 0.3) is 0 Å². The maximum absolute atomic E-state index is 11.6. The number of hydrogen-bond donors (Lipinski definition) is 1. The quantitative estimate of drug-likeness (QED) is 0.776. The Bertz CT molecular complexity index is 538. The van der Waals surface area contributed by atoms with Gasteiger partial charge in [0.2, 0.25) is 0 Å². The molecule has 1 rings (SSSR count). The van der Waals surface area contributed by atoms with Gasteiger partial charge in [-0.05, 0) is 18.6 Å². The predicted octanol–water partition coefficient (Wildman–Crippen LogP) is 0.900. The van der Waals surface area contributed by atoms with Gasteiger partial charge in [-0.2, -0.15) is 8.42 Å². The molecule has 6 nitrogen and oxygen atoms in total. The Hall–Kier alpha value is -1.73. The number of benzene rings is 1. The van der Waals surface area contributed by atoms with Crippen LogP contribution < -0.4 is 4.72 Å². The van der Waals surface area contributed by atoms with Crippen LogP contribution in [0.2, 0.25) is 0 Å². The van der Waals surface area contributed by atoms with Gasteiger partial charge in [0.1, 0.15) is 6.29 Å². The van der Waals surface area contributed by atoms with E-state index in [1.165, 1.54) is 24.3 Å². The zero-order chi connectivity index (χ0) is 13.6. The maximum atomic E-state index is 11.6. The first-order valence-electron chi connectivity index (χ1n) is 5.25. The Balaban J connectivity index is 2.79. The summed E-state index contributed by atoms with van der Waals surface area (Å²) in [6.45, 7) is 1.74. The number of amides is 1. The average Bonchev–Trinajstić information content (AvgIpc) is 2.36. The standard InChI is InChI=1S/C11H13NO5S/c1-2-6-17-18(15,16)12-11(14)10-5-3-4-9(7-10)8-13/h3-5,7-8H,2,6H2,1H3,(H,12,14). The van der Waals surface area contributed by atoms with E-state index in [0.717, 1.165) is 0 Å². The van der Waals surface area contributed by atoms with Crippen molar-refractivity contribution in [3.8, 4) is 0 Å². The van der Waals surface area contributed by atoms with E-state index in [1.807, 2.05) is 0 Å². The fourth-order valence-corrected chi connectivity index (χ4v) is 1.94. The third kappa shape index (κ3) is 4.27. The molecule has 1 aromatic rings. The molecule has 0 aromatic heterocycles. The highest BCUT2D eigenvalue weighted by Gasteiger charge is 2.16. The topological polar surface area (TPSA) is 89.5 Å². The van der Waals surface area contributed by atoms with Crippen LogP contribution in [0.5, 0.6) is 0 Å². The van der Waals surface area contributed by atoms with Crippen molar-refractivity contribution in [3.63, 3.8) is 0 Å². The van der Waals surface area contributed by atoms with E-state index < -0.39 is 16.2 Å². The molecule has 0 aliphatic carbocycles. The minimum Gasteiger partial charge on any atom is -0.298 e. The summed E-state index contributed by atoms with van der Waals surface area (Å²) in [6, 6.07) is 5.68. The Kier molecular flexibility index (Phi) is 4.99. The number of carbonyl (C=O) groups excluding carboxylic acids is 2. The number of hydrogen-bond acceptors (Lipinski definition) is 5. The second-order valence-electron chi connectivity index (χ2n) is 3.45. The highest BCUT2D eigenvalue weighted by molar-refractivity contribution is 7.85. The van der Waals surface area contributed by atoms with Gasteiger partial charge in [0.25, 0.3) is 5.91 Å². The number of nitrogens with one attached hydrogen (secondary N) is 1. The maximum Gasteiger partial charge on any atom is 0.362 e. The second-order valence-corrected chi connectivity index (χ2v) is 4.80. The zero-order valence-electron chi connectivity index (χ0n) is 9.75. The first-order valence-corrected chi connectivity index (χ1v) is 6.66. The van der Waals surface area contributed by atoms with E-state index in [0.29, 0.717) is 12.7 Å². The van der Waals surface area contributed by atoms with Crippen LogP contribution in [0.3, 0.4) is 0 Å². The van der Waals surface area contributed by atoms with Crippen molar-refractivity contribution in [2.45, 2.75) is 13.3 Å². The molecule has 1 amide bonds. The molecule has 0 bridgehead atoms. The third-order valence-electron chi connectivity index (χ3n) is 1.95. The fourth-order valence-electron chi connectivity index (χ4n) is 1.15. The molecule has 0 saturated heterocycles. The fraction of sp³-hybridized carbons (Fsp3) is 0.273. The van der Waals surface area contributed by atoms with Crippen LogP contribution >= 0.6 is 0 Å². The van der Waals surface area contributed by atoms with Crippen molar-refractivity contribution < 1.29 is 22.2 Å². The molecule has 0 spiro atoms. The van der Waals surface area contributed by atoms with Crippen LogP contribution in [0.4, 0.5) is 0 Å². The zero-order valence-corrected chi connectivity index (χ0v) is 10.6. The van der Waals surface area contributed by atoms with Crippen LogP contribution in [-0.2, 0) is 14.5 Å². The van der Waals surface area contributed by atoms with Gasteiger partial charge < -0.3 is 0 Å². The van der Waals surface area contributed by atoms with E-state index in [1.54, 1.807) is 11.6 Å². The van der Waals surface area contributed by atoms with Gasteiger partial charge >= 0.3 is 10.3 Å². The Morgan fingerprint density at radius 3 is 2.78 bits per heavy atom. The Morgan fingerprint density at radius 1 is 1.44 bits per heavy atom. The van der Waals surface area contributed by atoms with Gasteiger partial charge in [-0.1, -0.05) is 19.1 Å². The van der Waals surface area contributed by atoms with E-state index in [4.69, 9.17) is 0 Å². The van der Waals surface area contributed by atoms with Gasteiger partial charge in [-0.3, -0.25) is 13.8 Å². The number of rotatable bonds is 6. The molecule has 0 radical (unpaired) electrons. The molecular weight excluding hydrogens is 258 g/mol.